The van der Waals surface area contributed by atoms with Crippen molar-refractivity contribution in [3.05, 3.63) is 0 Å². The van der Waals surface area contributed by atoms with E-state index in [0.717, 1.165) is 19.4 Å². The van der Waals surface area contributed by atoms with Crippen LogP contribution in [-0.2, 0) is 14.8 Å². The molecule has 0 aromatic rings. The highest BCUT2D eigenvalue weighted by Gasteiger charge is 2.41. The molecule has 1 saturated heterocycles. The zero-order valence-corrected chi connectivity index (χ0v) is 11.8. The van der Waals surface area contributed by atoms with E-state index in [4.69, 9.17) is 4.74 Å². The van der Waals surface area contributed by atoms with Crippen LogP contribution in [0, 0.1) is 5.92 Å². The minimum Gasteiger partial charge on any atom is -0.376 e. The third-order valence-electron chi connectivity index (χ3n) is 3.53. The maximum atomic E-state index is 11.9. The highest BCUT2D eigenvalue weighted by molar-refractivity contribution is 7.89. The molecule has 0 spiro atoms. The minimum atomic E-state index is -3.18. The van der Waals surface area contributed by atoms with Gasteiger partial charge in [-0.2, -0.15) is 0 Å². The van der Waals surface area contributed by atoms with E-state index in [0.29, 0.717) is 19.1 Å². The summed E-state index contributed by atoms with van der Waals surface area (Å²) >= 11 is 0. The van der Waals surface area contributed by atoms with Gasteiger partial charge in [-0.15, -0.1) is 0 Å². The molecule has 1 heterocycles. The van der Waals surface area contributed by atoms with Crippen molar-refractivity contribution in [2.75, 3.05) is 25.4 Å². The third-order valence-corrected chi connectivity index (χ3v) is 4.93. The molecule has 0 radical (unpaired) electrons. The SMILES string of the molecule is CCCNCCS(=O)(=O)NC1CCOC1C1CC1. The predicted octanol–water partition coefficient (Wildman–Crippen LogP) is 0.473. The van der Waals surface area contributed by atoms with Crippen molar-refractivity contribution < 1.29 is 13.2 Å². The van der Waals surface area contributed by atoms with Crippen LogP contribution in [0.1, 0.15) is 32.6 Å². The molecular weight excluding hydrogens is 252 g/mol. The Morgan fingerprint density at radius 1 is 1.22 bits per heavy atom. The summed E-state index contributed by atoms with van der Waals surface area (Å²) in [5.74, 6) is 0.736. The van der Waals surface area contributed by atoms with Crippen LogP contribution in [0.3, 0.4) is 0 Å². The zero-order chi connectivity index (χ0) is 13.0. The van der Waals surface area contributed by atoms with E-state index >= 15 is 0 Å². The lowest BCUT2D eigenvalue weighted by molar-refractivity contribution is 0.0848. The molecule has 0 aromatic carbocycles. The second-order valence-corrected chi connectivity index (χ2v) is 7.13. The molecule has 2 rings (SSSR count). The second-order valence-electron chi connectivity index (χ2n) is 5.25. The highest BCUT2D eigenvalue weighted by Crippen LogP contribution is 2.38. The number of nitrogens with one attached hydrogen (secondary N) is 2. The average Bonchev–Trinajstić information content (AvgIpc) is 3.06. The number of ether oxygens (including phenoxy) is 1. The van der Waals surface area contributed by atoms with Crippen LogP contribution in [0.25, 0.3) is 0 Å². The second kappa shape index (κ2) is 6.32. The van der Waals surface area contributed by atoms with E-state index in [1.807, 2.05) is 0 Å². The fraction of sp³-hybridized carbons (Fsp3) is 1.00. The van der Waals surface area contributed by atoms with Gasteiger partial charge in [-0.05, 0) is 38.1 Å². The lowest BCUT2D eigenvalue weighted by atomic mass is 10.1. The standard InChI is InChI=1S/C12H24N2O3S/c1-2-6-13-7-9-18(15,16)14-11-5-8-17-12(11)10-3-4-10/h10-14H,2-9H2,1H3. The van der Waals surface area contributed by atoms with Gasteiger partial charge in [0.05, 0.1) is 17.9 Å². The van der Waals surface area contributed by atoms with Gasteiger partial charge >= 0.3 is 0 Å². The summed E-state index contributed by atoms with van der Waals surface area (Å²) in [4.78, 5) is 0. The van der Waals surface area contributed by atoms with Gasteiger partial charge in [0.1, 0.15) is 0 Å². The topological polar surface area (TPSA) is 67.4 Å². The Hall–Kier alpha value is -0.170. The summed E-state index contributed by atoms with van der Waals surface area (Å²) in [6.45, 7) is 4.13. The number of hydrogen-bond acceptors (Lipinski definition) is 4. The van der Waals surface area contributed by atoms with Gasteiger partial charge in [0, 0.05) is 13.2 Å². The highest BCUT2D eigenvalue weighted by atomic mass is 32.2. The van der Waals surface area contributed by atoms with Crippen molar-refractivity contribution in [3.63, 3.8) is 0 Å². The van der Waals surface area contributed by atoms with Crippen LogP contribution in [-0.4, -0.2) is 46.0 Å². The van der Waals surface area contributed by atoms with Gasteiger partial charge in [0.25, 0.3) is 0 Å². The Kier molecular flexibility index (Phi) is 5.00. The summed E-state index contributed by atoms with van der Waals surface area (Å²) in [5, 5.41) is 3.11. The number of rotatable bonds is 8. The Balaban J connectivity index is 1.76. The van der Waals surface area contributed by atoms with Gasteiger partial charge in [0.2, 0.25) is 10.0 Å². The van der Waals surface area contributed by atoms with E-state index in [2.05, 4.69) is 17.0 Å². The van der Waals surface area contributed by atoms with Crippen molar-refractivity contribution in [1.29, 1.82) is 0 Å². The summed E-state index contributed by atoms with van der Waals surface area (Å²) in [6.07, 6.45) is 4.31. The first-order valence-electron chi connectivity index (χ1n) is 6.94. The van der Waals surface area contributed by atoms with Crippen LogP contribution in [0.4, 0.5) is 0 Å². The monoisotopic (exact) mass is 276 g/mol. The van der Waals surface area contributed by atoms with E-state index in [1.165, 1.54) is 12.8 Å². The first kappa shape index (κ1) is 14.2. The van der Waals surface area contributed by atoms with Crippen molar-refractivity contribution in [1.82, 2.24) is 10.0 Å². The lowest BCUT2D eigenvalue weighted by Gasteiger charge is -2.19. The molecule has 0 amide bonds. The van der Waals surface area contributed by atoms with Crippen LogP contribution in [0.2, 0.25) is 0 Å². The van der Waals surface area contributed by atoms with Crippen LogP contribution in [0.5, 0.6) is 0 Å². The fourth-order valence-electron chi connectivity index (χ4n) is 2.42. The quantitative estimate of drug-likeness (QED) is 0.633. The van der Waals surface area contributed by atoms with Crippen molar-refractivity contribution in [2.24, 2.45) is 5.92 Å². The Labute approximate surface area is 110 Å². The number of hydrogen-bond donors (Lipinski definition) is 2. The predicted molar refractivity (Wildman–Crippen MR) is 71.0 cm³/mol. The Morgan fingerprint density at radius 2 is 2.00 bits per heavy atom. The van der Waals surface area contributed by atoms with Crippen molar-refractivity contribution in [3.8, 4) is 0 Å². The molecule has 2 fully saturated rings. The molecule has 18 heavy (non-hydrogen) atoms. The molecule has 2 atom stereocenters. The van der Waals surface area contributed by atoms with Gasteiger partial charge in [-0.1, -0.05) is 6.92 Å². The van der Waals surface area contributed by atoms with E-state index in [-0.39, 0.29) is 17.9 Å². The third kappa shape index (κ3) is 4.19. The van der Waals surface area contributed by atoms with Crippen LogP contribution in [0.15, 0.2) is 0 Å². The molecule has 0 bridgehead atoms. The van der Waals surface area contributed by atoms with Gasteiger partial charge in [-0.25, -0.2) is 13.1 Å². The molecule has 2 unspecified atom stereocenters. The van der Waals surface area contributed by atoms with Crippen LogP contribution >= 0.6 is 0 Å². The van der Waals surface area contributed by atoms with E-state index in [1.54, 1.807) is 0 Å². The zero-order valence-electron chi connectivity index (χ0n) is 11.0. The molecule has 1 saturated carbocycles. The summed E-state index contributed by atoms with van der Waals surface area (Å²) in [6, 6.07) is -0.00586. The Bertz CT molecular complexity index is 354. The van der Waals surface area contributed by atoms with Gasteiger partial charge in [-0.3, -0.25) is 0 Å². The maximum Gasteiger partial charge on any atom is 0.213 e. The lowest BCUT2D eigenvalue weighted by Crippen LogP contribution is -2.43. The smallest absolute Gasteiger partial charge is 0.213 e. The first-order valence-corrected chi connectivity index (χ1v) is 8.60. The van der Waals surface area contributed by atoms with Crippen LogP contribution < -0.4 is 10.0 Å². The first-order chi connectivity index (χ1) is 8.62. The minimum absolute atomic E-state index is 0.00586. The average molecular weight is 276 g/mol. The summed E-state index contributed by atoms with van der Waals surface area (Å²) in [7, 11) is -3.18. The molecule has 2 aliphatic rings. The summed E-state index contributed by atoms with van der Waals surface area (Å²) < 4.78 is 32.3. The fourth-order valence-corrected chi connectivity index (χ4v) is 3.67. The maximum absolute atomic E-state index is 11.9. The molecule has 106 valence electrons. The molecule has 0 aromatic heterocycles. The van der Waals surface area contributed by atoms with E-state index in [9.17, 15) is 8.42 Å². The molecule has 5 nitrogen and oxygen atoms in total. The summed E-state index contributed by atoms with van der Waals surface area (Å²) in [5.41, 5.74) is 0. The Morgan fingerprint density at radius 3 is 2.67 bits per heavy atom. The van der Waals surface area contributed by atoms with Crippen molar-refractivity contribution in [2.45, 2.75) is 44.8 Å². The normalized spacial score (nSPS) is 28.7. The molecule has 6 heteroatoms. The number of sulfonamides is 1. The molecular formula is C12H24N2O3S. The van der Waals surface area contributed by atoms with Gasteiger partial charge < -0.3 is 10.1 Å². The molecule has 1 aliphatic carbocycles. The molecule has 2 N–H and O–H groups in total. The van der Waals surface area contributed by atoms with E-state index < -0.39 is 10.0 Å². The van der Waals surface area contributed by atoms with Gasteiger partial charge in [0.15, 0.2) is 0 Å². The van der Waals surface area contributed by atoms with Crippen molar-refractivity contribution >= 4 is 10.0 Å². The molecule has 1 aliphatic heterocycles. The largest absolute Gasteiger partial charge is 0.376 e.